The summed E-state index contributed by atoms with van der Waals surface area (Å²) in [6, 6.07) is 0. The average molecular weight is 146 g/mol. The zero-order valence-electron chi connectivity index (χ0n) is 6.12. The minimum absolute atomic E-state index is 0.680. The molecule has 1 nitrogen and oxygen atoms in total. The van der Waals surface area contributed by atoms with Gasteiger partial charge < -0.3 is 4.12 Å². The lowest BCUT2D eigenvalue weighted by molar-refractivity contribution is 0.598. The second-order valence-corrected chi connectivity index (χ2v) is 9.36. The van der Waals surface area contributed by atoms with Crippen LogP contribution >= 0.6 is 0 Å². The number of hydrogen-bond donors (Lipinski definition) is 0. The van der Waals surface area contributed by atoms with Gasteiger partial charge in [0.15, 0.2) is 0 Å². The Balaban J connectivity index is 3.55. The lowest BCUT2D eigenvalue weighted by atomic mass is 11.8. The van der Waals surface area contributed by atoms with Crippen LogP contribution in [0.25, 0.3) is 0 Å². The predicted molar refractivity (Wildman–Crippen MR) is 43.2 cm³/mol. The summed E-state index contributed by atoms with van der Waals surface area (Å²) in [7, 11) is -1.92. The third-order valence-corrected chi connectivity index (χ3v) is 4.32. The molecule has 0 spiro atoms. The normalized spacial score (nSPS) is 11.0. The van der Waals surface area contributed by atoms with Crippen LogP contribution in [0.1, 0.15) is 0 Å². The standard InChI is InChI=1S/C5H14OSi2/c1-7(2)6-8(3,4)5/h1H2,2-5H3. The maximum Gasteiger partial charge on any atom is 0.223 e. The molecular weight excluding hydrogens is 132 g/mol. The molecular formula is C5H14OSi2. The molecule has 0 unspecified atom stereocenters. The molecule has 0 aromatic heterocycles. The van der Waals surface area contributed by atoms with E-state index < -0.39 is 17.0 Å². The molecule has 0 rings (SSSR count). The Morgan fingerprint density at radius 3 is 1.75 bits per heavy atom. The van der Waals surface area contributed by atoms with Crippen molar-refractivity contribution in [3.8, 4) is 0 Å². The maximum absolute atomic E-state index is 5.57. The van der Waals surface area contributed by atoms with E-state index >= 15 is 0 Å². The summed E-state index contributed by atoms with van der Waals surface area (Å²) in [4.78, 5) is 0. The largest absolute Gasteiger partial charge is 0.606 e. The molecule has 0 radical (unpaired) electrons. The van der Waals surface area contributed by atoms with Gasteiger partial charge in [-0.2, -0.15) is 0 Å². The van der Waals surface area contributed by atoms with Crippen molar-refractivity contribution in [2.24, 2.45) is 0 Å². The van der Waals surface area contributed by atoms with E-state index in [-0.39, 0.29) is 0 Å². The van der Waals surface area contributed by atoms with Crippen molar-refractivity contribution < 1.29 is 4.12 Å². The van der Waals surface area contributed by atoms with Gasteiger partial charge in [-0.15, -0.1) is 0 Å². The van der Waals surface area contributed by atoms with E-state index in [0.717, 1.165) is 0 Å². The van der Waals surface area contributed by atoms with Crippen molar-refractivity contribution >= 4 is 23.1 Å². The summed E-state index contributed by atoms with van der Waals surface area (Å²) < 4.78 is 5.57. The summed E-state index contributed by atoms with van der Waals surface area (Å²) in [6.07, 6.45) is 3.84. The first-order chi connectivity index (χ1) is 3.42. The van der Waals surface area contributed by atoms with Gasteiger partial charge in [0.25, 0.3) is 0 Å². The Kier molecular flexibility index (Phi) is 2.63. The molecule has 0 heterocycles. The highest BCUT2D eigenvalue weighted by atomic mass is 28.4. The molecule has 0 aliphatic rings. The van der Waals surface area contributed by atoms with Gasteiger partial charge in [-0.05, 0) is 26.2 Å². The molecule has 0 saturated carbocycles. The molecule has 0 aromatic rings. The van der Waals surface area contributed by atoms with Crippen LogP contribution in [0.15, 0.2) is 0 Å². The van der Waals surface area contributed by atoms with Crippen LogP contribution in [0.5, 0.6) is 0 Å². The van der Waals surface area contributed by atoms with Crippen molar-refractivity contribution in [1.29, 1.82) is 0 Å². The first kappa shape index (κ1) is 8.10. The fraction of sp³-hybridized carbons (Fsp3) is 0.800. The fourth-order valence-corrected chi connectivity index (χ4v) is 4.70. The summed E-state index contributed by atoms with van der Waals surface area (Å²) in [5, 5.41) is 0. The van der Waals surface area contributed by atoms with Gasteiger partial charge in [-0.25, -0.2) is 0 Å². The van der Waals surface area contributed by atoms with Crippen LogP contribution in [0.4, 0.5) is 0 Å². The minimum Gasteiger partial charge on any atom is -0.606 e. The van der Waals surface area contributed by atoms with Crippen molar-refractivity contribution in [2.45, 2.75) is 26.2 Å². The summed E-state index contributed by atoms with van der Waals surface area (Å²) in [5.41, 5.74) is 0. The van der Waals surface area contributed by atoms with Gasteiger partial charge in [-0.3, -0.25) is 0 Å². The molecule has 0 aromatic carbocycles. The van der Waals surface area contributed by atoms with Gasteiger partial charge in [0.2, 0.25) is 17.0 Å². The van der Waals surface area contributed by atoms with E-state index in [0.29, 0.717) is 0 Å². The maximum atomic E-state index is 5.57. The summed E-state index contributed by atoms with van der Waals surface area (Å²) in [6.45, 7) is 8.63. The summed E-state index contributed by atoms with van der Waals surface area (Å²) in [5.74, 6) is 0. The van der Waals surface area contributed by atoms with Crippen molar-refractivity contribution in [3.63, 3.8) is 0 Å². The van der Waals surface area contributed by atoms with Crippen LogP contribution in [-0.2, 0) is 4.12 Å². The molecule has 3 heteroatoms. The highest BCUT2D eigenvalue weighted by Crippen LogP contribution is 2.00. The van der Waals surface area contributed by atoms with Gasteiger partial charge in [0.05, 0.1) is 0 Å². The first-order valence-electron chi connectivity index (χ1n) is 2.76. The van der Waals surface area contributed by atoms with Gasteiger partial charge in [-0.1, -0.05) is 6.17 Å². The third kappa shape index (κ3) is 6.10. The van der Waals surface area contributed by atoms with E-state index in [2.05, 4.69) is 32.4 Å². The molecule has 0 fully saturated rings. The van der Waals surface area contributed by atoms with E-state index in [4.69, 9.17) is 4.12 Å². The molecule has 0 saturated heterocycles. The Bertz CT molecular complexity index is 93.1. The molecule has 0 bridgehead atoms. The highest BCUT2D eigenvalue weighted by molar-refractivity contribution is 6.77. The molecule has 8 heavy (non-hydrogen) atoms. The monoisotopic (exact) mass is 146 g/mol. The second kappa shape index (κ2) is 2.59. The SMILES string of the molecule is C=[Si](C)O[Si](C)(C)C. The van der Waals surface area contributed by atoms with Gasteiger partial charge in [0.1, 0.15) is 0 Å². The van der Waals surface area contributed by atoms with Gasteiger partial charge in [0, 0.05) is 0 Å². The number of hydrogen-bond acceptors (Lipinski definition) is 1. The molecule has 0 atom stereocenters. The molecule has 0 N–H and O–H groups in total. The topological polar surface area (TPSA) is 9.23 Å². The Hall–Kier alpha value is 0.104. The van der Waals surface area contributed by atoms with Gasteiger partial charge >= 0.3 is 0 Å². The number of rotatable bonds is 2. The Morgan fingerprint density at radius 1 is 1.38 bits per heavy atom. The van der Waals surface area contributed by atoms with Crippen molar-refractivity contribution in [1.82, 2.24) is 0 Å². The smallest absolute Gasteiger partial charge is 0.223 e. The van der Waals surface area contributed by atoms with Crippen LogP contribution in [0.3, 0.4) is 0 Å². The van der Waals surface area contributed by atoms with Crippen LogP contribution in [0, 0.1) is 0 Å². The molecule has 0 amide bonds. The first-order valence-corrected chi connectivity index (χ1v) is 8.29. The lowest BCUT2D eigenvalue weighted by Gasteiger charge is -2.18. The third-order valence-electron chi connectivity index (χ3n) is 0.480. The van der Waals surface area contributed by atoms with Crippen molar-refractivity contribution in [3.05, 3.63) is 0 Å². The van der Waals surface area contributed by atoms with Crippen LogP contribution < -0.4 is 0 Å². The molecule has 48 valence electrons. The fourth-order valence-electron chi connectivity index (χ4n) is 0.523. The van der Waals surface area contributed by atoms with E-state index in [9.17, 15) is 0 Å². The van der Waals surface area contributed by atoms with Crippen LogP contribution in [0.2, 0.25) is 26.2 Å². The van der Waals surface area contributed by atoms with Crippen molar-refractivity contribution in [2.75, 3.05) is 0 Å². The zero-order valence-corrected chi connectivity index (χ0v) is 8.12. The van der Waals surface area contributed by atoms with E-state index in [1.54, 1.807) is 0 Å². The van der Waals surface area contributed by atoms with E-state index in [1.165, 1.54) is 0 Å². The quantitative estimate of drug-likeness (QED) is 0.536. The highest BCUT2D eigenvalue weighted by Gasteiger charge is 2.13. The average Bonchev–Trinajstić information content (AvgIpc) is 1.21. The minimum atomic E-state index is -1.24. The predicted octanol–water partition coefficient (Wildman–Crippen LogP) is 1.47. The molecule has 0 aliphatic carbocycles. The zero-order chi connectivity index (χ0) is 6.78. The Labute approximate surface area is 54.2 Å². The Morgan fingerprint density at radius 2 is 1.75 bits per heavy atom. The molecule has 0 aliphatic heterocycles. The van der Waals surface area contributed by atoms with Crippen LogP contribution in [-0.4, -0.2) is 23.1 Å². The summed E-state index contributed by atoms with van der Waals surface area (Å²) >= 11 is 0. The second-order valence-electron chi connectivity index (χ2n) is 2.92. The van der Waals surface area contributed by atoms with E-state index in [1.807, 2.05) is 0 Å². The lowest BCUT2D eigenvalue weighted by Crippen LogP contribution is -2.28.